The normalized spacial score (nSPS) is 12.8. The van der Waals surface area contributed by atoms with Gasteiger partial charge in [-0.25, -0.2) is 0 Å². The molecule has 0 saturated carbocycles. The third kappa shape index (κ3) is 3.73. The first-order valence-corrected chi connectivity index (χ1v) is 6.22. The lowest BCUT2D eigenvalue weighted by Gasteiger charge is -2.29. The van der Waals surface area contributed by atoms with E-state index in [1.54, 1.807) is 6.07 Å². The Kier molecular flexibility index (Phi) is 4.79. The van der Waals surface area contributed by atoms with Gasteiger partial charge in [0.05, 0.1) is 5.56 Å². The van der Waals surface area contributed by atoms with Gasteiger partial charge in [-0.3, -0.25) is 0 Å². The second kappa shape index (κ2) is 5.74. The van der Waals surface area contributed by atoms with Gasteiger partial charge in [-0.2, -0.15) is 13.2 Å². The average molecular weight is 259 g/mol. The van der Waals surface area contributed by atoms with E-state index in [-0.39, 0.29) is 12.1 Å². The molecule has 1 nitrogen and oxygen atoms in total. The molecule has 0 saturated heterocycles. The van der Waals surface area contributed by atoms with Crippen molar-refractivity contribution in [2.75, 3.05) is 0 Å². The van der Waals surface area contributed by atoms with Crippen LogP contribution in [-0.2, 0) is 12.7 Å². The first-order valence-electron chi connectivity index (χ1n) is 6.22. The van der Waals surface area contributed by atoms with E-state index in [1.165, 1.54) is 12.1 Å². The molecular weight excluding hydrogens is 239 g/mol. The molecule has 0 aliphatic carbocycles. The van der Waals surface area contributed by atoms with Crippen molar-refractivity contribution in [3.8, 4) is 0 Å². The topological polar surface area (TPSA) is 12.0 Å². The molecular formula is C14H20F3N. The highest BCUT2D eigenvalue weighted by molar-refractivity contribution is 5.29. The lowest BCUT2D eigenvalue weighted by Crippen LogP contribution is -2.40. The Labute approximate surface area is 106 Å². The van der Waals surface area contributed by atoms with Gasteiger partial charge in [0.1, 0.15) is 0 Å². The second-order valence-electron chi connectivity index (χ2n) is 4.78. The van der Waals surface area contributed by atoms with Crippen LogP contribution < -0.4 is 5.32 Å². The Morgan fingerprint density at radius 2 is 1.61 bits per heavy atom. The van der Waals surface area contributed by atoms with E-state index in [4.69, 9.17) is 0 Å². The maximum absolute atomic E-state index is 12.8. The van der Waals surface area contributed by atoms with Gasteiger partial charge in [0.2, 0.25) is 0 Å². The Bertz CT molecular complexity index is 381. The largest absolute Gasteiger partial charge is 0.416 e. The molecule has 4 heteroatoms. The smallest absolute Gasteiger partial charge is 0.307 e. The van der Waals surface area contributed by atoms with Crippen molar-refractivity contribution in [1.29, 1.82) is 0 Å². The standard InChI is InChI=1S/C14H20F3N/c1-4-13(3,5-2)18-10-11-8-6-7-9-12(11)14(15,16)17/h6-9,18H,4-5,10H2,1-3H3. The lowest BCUT2D eigenvalue weighted by molar-refractivity contribution is -0.138. The highest BCUT2D eigenvalue weighted by Crippen LogP contribution is 2.32. The van der Waals surface area contributed by atoms with Crippen molar-refractivity contribution in [2.24, 2.45) is 0 Å². The summed E-state index contributed by atoms with van der Waals surface area (Å²) in [5.41, 5.74) is -0.358. The van der Waals surface area contributed by atoms with Gasteiger partial charge in [-0.1, -0.05) is 32.0 Å². The fourth-order valence-electron chi connectivity index (χ4n) is 1.76. The number of halogens is 3. The molecule has 0 aliphatic rings. The number of hydrogen-bond acceptors (Lipinski definition) is 1. The quantitative estimate of drug-likeness (QED) is 0.827. The molecule has 1 rings (SSSR count). The van der Waals surface area contributed by atoms with Gasteiger partial charge in [0.25, 0.3) is 0 Å². The summed E-state index contributed by atoms with van der Waals surface area (Å²) in [5, 5.41) is 3.22. The summed E-state index contributed by atoms with van der Waals surface area (Å²) in [4.78, 5) is 0. The average Bonchev–Trinajstić information content (AvgIpc) is 2.35. The lowest BCUT2D eigenvalue weighted by atomic mass is 9.95. The maximum atomic E-state index is 12.8. The minimum Gasteiger partial charge on any atom is -0.307 e. The summed E-state index contributed by atoms with van der Waals surface area (Å²) in [5.74, 6) is 0. The van der Waals surface area contributed by atoms with Gasteiger partial charge < -0.3 is 5.32 Å². The van der Waals surface area contributed by atoms with Gasteiger partial charge in [0.15, 0.2) is 0 Å². The van der Waals surface area contributed by atoms with Crippen LogP contribution >= 0.6 is 0 Å². The molecule has 0 atom stereocenters. The van der Waals surface area contributed by atoms with Gasteiger partial charge in [-0.15, -0.1) is 0 Å². The molecule has 0 spiro atoms. The molecule has 102 valence electrons. The van der Waals surface area contributed by atoms with E-state index in [0.717, 1.165) is 18.9 Å². The van der Waals surface area contributed by atoms with Crippen LogP contribution in [0.2, 0.25) is 0 Å². The molecule has 0 aliphatic heterocycles. The zero-order valence-corrected chi connectivity index (χ0v) is 11.1. The highest BCUT2D eigenvalue weighted by atomic mass is 19.4. The first-order chi connectivity index (χ1) is 8.32. The third-order valence-corrected chi connectivity index (χ3v) is 3.59. The van der Waals surface area contributed by atoms with E-state index in [2.05, 4.69) is 5.32 Å². The van der Waals surface area contributed by atoms with Crippen LogP contribution in [0.4, 0.5) is 13.2 Å². The predicted molar refractivity (Wildman–Crippen MR) is 67.3 cm³/mol. The van der Waals surface area contributed by atoms with Crippen molar-refractivity contribution in [3.05, 3.63) is 35.4 Å². The fraction of sp³-hybridized carbons (Fsp3) is 0.571. The van der Waals surface area contributed by atoms with Crippen molar-refractivity contribution in [3.63, 3.8) is 0 Å². The van der Waals surface area contributed by atoms with E-state index in [9.17, 15) is 13.2 Å². The van der Waals surface area contributed by atoms with Crippen LogP contribution in [0.15, 0.2) is 24.3 Å². The zero-order valence-electron chi connectivity index (χ0n) is 11.1. The van der Waals surface area contributed by atoms with Crippen molar-refractivity contribution >= 4 is 0 Å². The van der Waals surface area contributed by atoms with Crippen LogP contribution in [0.5, 0.6) is 0 Å². The Hall–Kier alpha value is -1.03. The molecule has 1 aromatic rings. The molecule has 0 bridgehead atoms. The van der Waals surface area contributed by atoms with Crippen LogP contribution in [0.1, 0.15) is 44.7 Å². The van der Waals surface area contributed by atoms with Gasteiger partial charge in [0, 0.05) is 12.1 Å². The molecule has 0 aromatic heterocycles. The van der Waals surface area contributed by atoms with Crippen LogP contribution in [0.25, 0.3) is 0 Å². The molecule has 1 aromatic carbocycles. The van der Waals surface area contributed by atoms with E-state index in [0.29, 0.717) is 5.56 Å². The Balaban J connectivity index is 2.86. The summed E-state index contributed by atoms with van der Waals surface area (Å²) in [7, 11) is 0. The van der Waals surface area contributed by atoms with Gasteiger partial charge >= 0.3 is 6.18 Å². The molecule has 18 heavy (non-hydrogen) atoms. The van der Waals surface area contributed by atoms with E-state index in [1.807, 2.05) is 20.8 Å². The van der Waals surface area contributed by atoms with Crippen LogP contribution in [0, 0.1) is 0 Å². The Morgan fingerprint density at radius 1 is 1.06 bits per heavy atom. The summed E-state index contributed by atoms with van der Waals surface area (Å²) in [6, 6.07) is 5.72. The summed E-state index contributed by atoms with van der Waals surface area (Å²) in [6.07, 6.45) is -2.51. The number of alkyl halides is 3. The number of rotatable bonds is 5. The monoisotopic (exact) mass is 259 g/mol. The number of hydrogen-bond donors (Lipinski definition) is 1. The van der Waals surface area contributed by atoms with Gasteiger partial charge in [-0.05, 0) is 31.4 Å². The number of benzene rings is 1. The molecule has 0 amide bonds. The maximum Gasteiger partial charge on any atom is 0.416 e. The highest BCUT2D eigenvalue weighted by Gasteiger charge is 2.33. The molecule has 0 heterocycles. The number of nitrogens with one attached hydrogen (secondary N) is 1. The first kappa shape index (κ1) is 15.0. The van der Waals surface area contributed by atoms with E-state index < -0.39 is 11.7 Å². The minimum absolute atomic E-state index is 0.112. The molecule has 0 fully saturated rings. The fourth-order valence-corrected chi connectivity index (χ4v) is 1.76. The summed E-state index contributed by atoms with van der Waals surface area (Å²) in [6.45, 7) is 6.34. The molecule has 0 radical (unpaired) electrons. The van der Waals surface area contributed by atoms with Crippen LogP contribution in [-0.4, -0.2) is 5.54 Å². The molecule has 0 unspecified atom stereocenters. The molecule has 1 N–H and O–H groups in total. The Morgan fingerprint density at radius 3 is 2.11 bits per heavy atom. The summed E-state index contributed by atoms with van der Waals surface area (Å²) >= 11 is 0. The van der Waals surface area contributed by atoms with Crippen molar-refractivity contribution < 1.29 is 13.2 Å². The predicted octanol–water partition coefficient (Wildman–Crippen LogP) is 4.37. The zero-order chi connectivity index (χ0) is 13.8. The summed E-state index contributed by atoms with van der Waals surface area (Å²) < 4.78 is 38.4. The SMILES string of the molecule is CCC(C)(CC)NCc1ccccc1C(F)(F)F. The van der Waals surface area contributed by atoms with Crippen molar-refractivity contribution in [2.45, 2.75) is 51.9 Å². The van der Waals surface area contributed by atoms with E-state index >= 15 is 0 Å². The minimum atomic E-state index is -4.28. The van der Waals surface area contributed by atoms with Crippen molar-refractivity contribution in [1.82, 2.24) is 5.32 Å². The third-order valence-electron chi connectivity index (χ3n) is 3.59. The second-order valence-corrected chi connectivity index (χ2v) is 4.78. The van der Waals surface area contributed by atoms with Crippen LogP contribution in [0.3, 0.4) is 0 Å².